The molecule has 1 aliphatic heterocycles. The number of carbonyl (C=O) groups is 2. The highest BCUT2D eigenvalue weighted by molar-refractivity contribution is 5.99. The van der Waals surface area contributed by atoms with Crippen molar-refractivity contribution in [1.82, 2.24) is 10.2 Å². The summed E-state index contributed by atoms with van der Waals surface area (Å²) in [5, 5.41) is 2.26. The van der Waals surface area contributed by atoms with E-state index in [0.29, 0.717) is 18.0 Å². The minimum atomic E-state index is -0.283. The third-order valence-electron chi connectivity index (χ3n) is 2.71. The van der Waals surface area contributed by atoms with Crippen LogP contribution >= 0.6 is 0 Å². The van der Waals surface area contributed by atoms with E-state index >= 15 is 0 Å². The van der Waals surface area contributed by atoms with E-state index in [4.69, 9.17) is 10.5 Å². The van der Waals surface area contributed by atoms with E-state index in [1.54, 1.807) is 30.2 Å². The van der Waals surface area contributed by atoms with Gasteiger partial charge < -0.3 is 10.5 Å². The summed E-state index contributed by atoms with van der Waals surface area (Å²) in [5.41, 5.74) is 7.21. The SMILES string of the molecule is COc1ccc(N)cc1CN1CC(=O)NC(=O)C1. The zero-order chi connectivity index (χ0) is 13.1. The number of nitrogens with one attached hydrogen (secondary N) is 1. The van der Waals surface area contributed by atoms with Crippen LogP contribution in [0.15, 0.2) is 18.2 Å². The maximum Gasteiger partial charge on any atom is 0.240 e. The second kappa shape index (κ2) is 5.05. The summed E-state index contributed by atoms with van der Waals surface area (Å²) in [7, 11) is 1.57. The summed E-state index contributed by atoms with van der Waals surface area (Å²) in [6, 6.07) is 5.31. The molecule has 0 aliphatic carbocycles. The second-order valence-electron chi connectivity index (χ2n) is 4.19. The smallest absolute Gasteiger partial charge is 0.240 e. The molecule has 1 aromatic carbocycles. The van der Waals surface area contributed by atoms with E-state index in [9.17, 15) is 9.59 Å². The van der Waals surface area contributed by atoms with Gasteiger partial charge in [0.25, 0.3) is 0 Å². The number of nitrogens with two attached hydrogens (primary N) is 1. The molecule has 0 unspecified atom stereocenters. The number of piperazine rings is 1. The maximum absolute atomic E-state index is 11.3. The average Bonchev–Trinajstić information content (AvgIpc) is 2.27. The van der Waals surface area contributed by atoms with Gasteiger partial charge in [0.1, 0.15) is 5.75 Å². The van der Waals surface area contributed by atoms with Crippen LogP contribution in [0.5, 0.6) is 5.75 Å². The predicted octanol–water partition coefficient (Wildman–Crippen LogP) is -0.264. The number of anilines is 1. The van der Waals surface area contributed by atoms with Crippen LogP contribution in [-0.2, 0) is 16.1 Å². The van der Waals surface area contributed by atoms with Crippen molar-refractivity contribution in [3.05, 3.63) is 23.8 Å². The molecule has 0 radical (unpaired) electrons. The molecule has 6 nitrogen and oxygen atoms in total. The first-order valence-corrected chi connectivity index (χ1v) is 5.56. The topological polar surface area (TPSA) is 84.7 Å². The van der Waals surface area contributed by atoms with Crippen molar-refractivity contribution < 1.29 is 14.3 Å². The Kier molecular flexibility index (Phi) is 3.47. The van der Waals surface area contributed by atoms with E-state index in [-0.39, 0.29) is 24.9 Å². The molecule has 0 aromatic heterocycles. The van der Waals surface area contributed by atoms with Crippen molar-refractivity contribution in [3.63, 3.8) is 0 Å². The van der Waals surface area contributed by atoms with Crippen LogP contribution < -0.4 is 15.8 Å². The number of imide groups is 1. The summed E-state index contributed by atoms with van der Waals surface area (Å²) >= 11 is 0. The number of methoxy groups -OCH3 is 1. The number of amides is 2. The number of nitrogens with zero attached hydrogens (tertiary/aromatic N) is 1. The van der Waals surface area contributed by atoms with Crippen LogP contribution in [0.1, 0.15) is 5.56 Å². The number of rotatable bonds is 3. The highest BCUT2D eigenvalue weighted by Gasteiger charge is 2.23. The van der Waals surface area contributed by atoms with E-state index < -0.39 is 0 Å². The highest BCUT2D eigenvalue weighted by atomic mass is 16.5. The number of carbonyl (C=O) groups excluding carboxylic acids is 2. The van der Waals surface area contributed by atoms with Gasteiger partial charge in [0, 0.05) is 17.8 Å². The lowest BCUT2D eigenvalue weighted by atomic mass is 10.1. The third kappa shape index (κ3) is 2.78. The first-order chi connectivity index (χ1) is 8.58. The minimum absolute atomic E-state index is 0.198. The Bertz CT molecular complexity index is 471. The van der Waals surface area contributed by atoms with E-state index in [1.807, 2.05) is 0 Å². The fourth-order valence-corrected chi connectivity index (χ4v) is 1.97. The molecule has 0 bridgehead atoms. The number of ether oxygens (including phenoxy) is 1. The Morgan fingerprint density at radius 3 is 2.61 bits per heavy atom. The largest absolute Gasteiger partial charge is 0.496 e. The molecule has 18 heavy (non-hydrogen) atoms. The van der Waals surface area contributed by atoms with Gasteiger partial charge in [0.05, 0.1) is 20.2 Å². The summed E-state index contributed by atoms with van der Waals surface area (Å²) in [6.45, 7) is 0.848. The second-order valence-corrected chi connectivity index (χ2v) is 4.19. The number of hydrogen-bond donors (Lipinski definition) is 2. The van der Waals surface area contributed by atoms with Crippen molar-refractivity contribution >= 4 is 17.5 Å². The van der Waals surface area contributed by atoms with Gasteiger partial charge in [-0.25, -0.2) is 0 Å². The fraction of sp³-hybridized carbons (Fsp3) is 0.333. The quantitative estimate of drug-likeness (QED) is 0.569. The van der Waals surface area contributed by atoms with Gasteiger partial charge in [-0.3, -0.25) is 19.8 Å². The molecule has 1 aromatic rings. The number of hydrogen-bond acceptors (Lipinski definition) is 5. The van der Waals surface area contributed by atoms with E-state index in [0.717, 1.165) is 5.56 Å². The molecule has 3 N–H and O–H groups in total. The number of benzene rings is 1. The monoisotopic (exact) mass is 249 g/mol. The lowest BCUT2D eigenvalue weighted by Gasteiger charge is -2.25. The van der Waals surface area contributed by atoms with Gasteiger partial charge in [-0.2, -0.15) is 0 Å². The Morgan fingerprint density at radius 2 is 2.00 bits per heavy atom. The highest BCUT2D eigenvalue weighted by Crippen LogP contribution is 2.22. The van der Waals surface area contributed by atoms with Gasteiger partial charge in [0.15, 0.2) is 0 Å². The Morgan fingerprint density at radius 1 is 1.33 bits per heavy atom. The van der Waals surface area contributed by atoms with Crippen LogP contribution in [0.25, 0.3) is 0 Å². The van der Waals surface area contributed by atoms with Gasteiger partial charge in [-0.1, -0.05) is 0 Å². The molecule has 1 aliphatic rings. The van der Waals surface area contributed by atoms with Crippen LogP contribution in [-0.4, -0.2) is 36.9 Å². The predicted molar refractivity (Wildman–Crippen MR) is 65.8 cm³/mol. The summed E-state index contributed by atoms with van der Waals surface area (Å²) < 4.78 is 5.23. The Labute approximate surface area is 105 Å². The van der Waals surface area contributed by atoms with Crippen LogP contribution in [0.2, 0.25) is 0 Å². The van der Waals surface area contributed by atoms with Crippen molar-refractivity contribution in [3.8, 4) is 5.75 Å². The van der Waals surface area contributed by atoms with Gasteiger partial charge >= 0.3 is 0 Å². The minimum Gasteiger partial charge on any atom is -0.496 e. The van der Waals surface area contributed by atoms with E-state index in [2.05, 4.69) is 5.32 Å². The summed E-state index contributed by atoms with van der Waals surface area (Å²) in [4.78, 5) is 24.3. The summed E-state index contributed by atoms with van der Waals surface area (Å²) in [5.74, 6) is 0.130. The molecule has 1 fully saturated rings. The lowest BCUT2D eigenvalue weighted by molar-refractivity contribution is -0.136. The van der Waals surface area contributed by atoms with Crippen molar-refractivity contribution in [2.75, 3.05) is 25.9 Å². The standard InChI is InChI=1S/C12H15N3O3/c1-18-10-3-2-9(13)4-8(10)5-15-6-11(16)14-12(17)7-15/h2-4H,5-7,13H2,1H3,(H,14,16,17). The Hall–Kier alpha value is -2.08. The summed E-state index contributed by atoms with van der Waals surface area (Å²) in [6.07, 6.45) is 0. The molecule has 6 heteroatoms. The van der Waals surface area contributed by atoms with Crippen LogP contribution in [0.3, 0.4) is 0 Å². The zero-order valence-corrected chi connectivity index (χ0v) is 10.1. The molecule has 0 atom stereocenters. The maximum atomic E-state index is 11.3. The molecule has 1 heterocycles. The first kappa shape index (κ1) is 12.4. The molecule has 0 saturated carbocycles. The normalized spacial score (nSPS) is 16.5. The fourth-order valence-electron chi connectivity index (χ4n) is 1.97. The Balaban J connectivity index is 2.15. The van der Waals surface area contributed by atoms with E-state index in [1.165, 1.54) is 0 Å². The number of nitrogen functional groups attached to an aromatic ring is 1. The van der Waals surface area contributed by atoms with Gasteiger partial charge in [-0.05, 0) is 18.2 Å². The van der Waals surface area contributed by atoms with Crippen molar-refractivity contribution in [2.24, 2.45) is 0 Å². The lowest BCUT2D eigenvalue weighted by Crippen LogP contribution is -2.50. The van der Waals surface area contributed by atoms with Gasteiger partial charge in [0.2, 0.25) is 11.8 Å². The molecular formula is C12H15N3O3. The van der Waals surface area contributed by atoms with Crippen molar-refractivity contribution in [2.45, 2.75) is 6.54 Å². The molecule has 96 valence electrons. The first-order valence-electron chi connectivity index (χ1n) is 5.56. The molecule has 2 rings (SSSR count). The van der Waals surface area contributed by atoms with Crippen molar-refractivity contribution in [1.29, 1.82) is 0 Å². The molecule has 2 amide bonds. The van der Waals surface area contributed by atoms with Crippen LogP contribution in [0, 0.1) is 0 Å². The molecular weight excluding hydrogens is 234 g/mol. The van der Waals surface area contributed by atoms with Crippen LogP contribution in [0.4, 0.5) is 5.69 Å². The van der Waals surface area contributed by atoms with Gasteiger partial charge in [-0.15, -0.1) is 0 Å². The molecule has 0 spiro atoms. The third-order valence-corrected chi connectivity index (χ3v) is 2.71. The average molecular weight is 249 g/mol. The molecule has 1 saturated heterocycles. The zero-order valence-electron chi connectivity index (χ0n) is 10.1.